The molecule has 3 fully saturated rings. The van der Waals surface area contributed by atoms with Crippen molar-refractivity contribution in [3.05, 3.63) is 18.0 Å². The van der Waals surface area contributed by atoms with Gasteiger partial charge < -0.3 is 10.1 Å². The first-order chi connectivity index (χ1) is 9.33. The van der Waals surface area contributed by atoms with Crippen molar-refractivity contribution in [3.8, 4) is 0 Å². The Hall–Kier alpha value is -0.870. The third-order valence-corrected chi connectivity index (χ3v) is 4.92. The molecule has 1 spiro atoms. The first-order valence-corrected chi connectivity index (χ1v) is 7.74. The lowest BCUT2D eigenvalue weighted by Crippen LogP contribution is -2.46. The molecule has 1 aromatic rings. The molecule has 2 saturated carbocycles. The van der Waals surface area contributed by atoms with Crippen molar-refractivity contribution in [3.63, 3.8) is 0 Å². The number of aromatic nitrogens is 2. The van der Waals surface area contributed by atoms with Crippen molar-refractivity contribution in [2.24, 2.45) is 0 Å². The average molecular weight is 261 g/mol. The average Bonchev–Trinajstić information content (AvgIpc) is 3.12. The Morgan fingerprint density at radius 2 is 2.26 bits per heavy atom. The molecule has 1 saturated heterocycles. The minimum absolute atomic E-state index is 0.210. The van der Waals surface area contributed by atoms with E-state index in [-0.39, 0.29) is 5.60 Å². The number of nitrogens with zero attached hydrogens (tertiary/aromatic N) is 2. The molecular weight excluding hydrogens is 238 g/mol. The van der Waals surface area contributed by atoms with Gasteiger partial charge in [-0.25, -0.2) is 0 Å². The summed E-state index contributed by atoms with van der Waals surface area (Å²) in [6.45, 7) is 1.83. The predicted octanol–water partition coefficient (Wildman–Crippen LogP) is 2.41. The molecule has 19 heavy (non-hydrogen) atoms. The second-order valence-corrected chi connectivity index (χ2v) is 6.47. The standard InChI is InChI=1S/C15H23N3O/c1-6-15(7-1)10-14(5-9-19-15)18-8-4-13(17-18)11-16-12-2-3-12/h4,8,12,14,16H,1-3,5-7,9-11H2. The van der Waals surface area contributed by atoms with E-state index in [1.165, 1.54) is 37.8 Å². The molecule has 4 rings (SSSR count). The van der Waals surface area contributed by atoms with Crippen molar-refractivity contribution in [2.75, 3.05) is 6.61 Å². The maximum Gasteiger partial charge on any atom is 0.0762 e. The van der Waals surface area contributed by atoms with E-state index in [0.29, 0.717) is 6.04 Å². The van der Waals surface area contributed by atoms with Gasteiger partial charge in [0.2, 0.25) is 0 Å². The van der Waals surface area contributed by atoms with Crippen molar-refractivity contribution in [1.29, 1.82) is 0 Å². The molecule has 1 aromatic heterocycles. The van der Waals surface area contributed by atoms with Crippen LogP contribution in [0.1, 0.15) is 56.7 Å². The Morgan fingerprint density at radius 3 is 3.00 bits per heavy atom. The lowest BCUT2D eigenvalue weighted by molar-refractivity contribution is -0.141. The van der Waals surface area contributed by atoms with Crippen LogP contribution in [-0.4, -0.2) is 28.0 Å². The van der Waals surface area contributed by atoms with Gasteiger partial charge in [0.25, 0.3) is 0 Å². The molecule has 4 nitrogen and oxygen atoms in total. The van der Waals surface area contributed by atoms with Gasteiger partial charge in [-0.3, -0.25) is 4.68 Å². The van der Waals surface area contributed by atoms with Gasteiger partial charge in [-0.2, -0.15) is 5.10 Å². The fourth-order valence-electron chi connectivity index (χ4n) is 3.36. The predicted molar refractivity (Wildman–Crippen MR) is 72.9 cm³/mol. The molecule has 1 atom stereocenters. The summed E-state index contributed by atoms with van der Waals surface area (Å²) in [7, 11) is 0. The first kappa shape index (κ1) is 11.9. The SMILES string of the molecule is c1cn(C2CCOC3(CCC3)C2)nc1CNC1CC1. The third-order valence-electron chi connectivity index (χ3n) is 4.92. The quantitative estimate of drug-likeness (QED) is 0.904. The van der Waals surface area contributed by atoms with E-state index in [1.54, 1.807) is 0 Å². The van der Waals surface area contributed by atoms with E-state index in [4.69, 9.17) is 9.84 Å². The maximum absolute atomic E-state index is 5.99. The molecule has 2 aliphatic carbocycles. The Morgan fingerprint density at radius 1 is 1.37 bits per heavy atom. The summed E-state index contributed by atoms with van der Waals surface area (Å²) >= 11 is 0. The molecular formula is C15H23N3O. The summed E-state index contributed by atoms with van der Waals surface area (Å²) < 4.78 is 8.18. The number of hydrogen-bond acceptors (Lipinski definition) is 3. The molecule has 1 unspecified atom stereocenters. The molecule has 0 aromatic carbocycles. The Kier molecular flexibility index (Phi) is 2.88. The minimum Gasteiger partial charge on any atom is -0.375 e. The number of rotatable bonds is 4. The smallest absolute Gasteiger partial charge is 0.0762 e. The molecule has 0 bridgehead atoms. The van der Waals surface area contributed by atoms with E-state index < -0.39 is 0 Å². The highest BCUT2D eigenvalue weighted by atomic mass is 16.5. The summed E-state index contributed by atoms with van der Waals surface area (Å²) in [6, 6.07) is 3.47. The highest BCUT2D eigenvalue weighted by molar-refractivity contribution is 5.02. The van der Waals surface area contributed by atoms with Gasteiger partial charge in [-0.05, 0) is 51.0 Å². The molecule has 1 N–H and O–H groups in total. The normalized spacial score (nSPS) is 29.4. The number of ether oxygens (including phenoxy) is 1. The van der Waals surface area contributed by atoms with Crippen LogP contribution in [0.15, 0.2) is 12.3 Å². The zero-order chi connectivity index (χ0) is 12.7. The van der Waals surface area contributed by atoms with Crippen LogP contribution in [0.3, 0.4) is 0 Å². The van der Waals surface area contributed by atoms with Gasteiger partial charge in [0.15, 0.2) is 0 Å². The second kappa shape index (κ2) is 4.60. The van der Waals surface area contributed by atoms with Gasteiger partial charge in [0.05, 0.1) is 17.3 Å². The van der Waals surface area contributed by atoms with E-state index >= 15 is 0 Å². The molecule has 0 amide bonds. The lowest BCUT2D eigenvalue weighted by Gasteiger charge is -2.47. The highest BCUT2D eigenvalue weighted by Crippen LogP contribution is 2.45. The molecule has 4 heteroatoms. The number of nitrogens with one attached hydrogen (secondary N) is 1. The van der Waals surface area contributed by atoms with Crippen LogP contribution < -0.4 is 5.32 Å². The Bertz CT molecular complexity index is 448. The van der Waals surface area contributed by atoms with E-state index in [1.807, 2.05) is 0 Å². The third kappa shape index (κ3) is 2.43. The topological polar surface area (TPSA) is 39.1 Å². The molecule has 1 aliphatic heterocycles. The number of hydrogen-bond donors (Lipinski definition) is 1. The van der Waals surface area contributed by atoms with Gasteiger partial charge in [-0.1, -0.05) is 0 Å². The van der Waals surface area contributed by atoms with Gasteiger partial charge in [-0.15, -0.1) is 0 Å². The zero-order valence-corrected chi connectivity index (χ0v) is 11.5. The highest BCUT2D eigenvalue weighted by Gasteiger charge is 2.43. The van der Waals surface area contributed by atoms with Crippen LogP contribution in [0.2, 0.25) is 0 Å². The van der Waals surface area contributed by atoms with Crippen LogP contribution >= 0.6 is 0 Å². The van der Waals surface area contributed by atoms with E-state index in [2.05, 4.69) is 22.3 Å². The monoisotopic (exact) mass is 261 g/mol. The molecule has 2 heterocycles. The maximum atomic E-state index is 5.99. The van der Waals surface area contributed by atoms with Gasteiger partial charge in [0.1, 0.15) is 0 Å². The van der Waals surface area contributed by atoms with E-state index in [0.717, 1.165) is 32.0 Å². The van der Waals surface area contributed by atoms with Crippen molar-refractivity contribution >= 4 is 0 Å². The summed E-state index contributed by atoms with van der Waals surface area (Å²) in [5.41, 5.74) is 1.39. The molecule has 0 radical (unpaired) electrons. The van der Waals surface area contributed by atoms with Crippen molar-refractivity contribution in [1.82, 2.24) is 15.1 Å². The Labute approximate surface area is 114 Å². The largest absolute Gasteiger partial charge is 0.375 e. The van der Waals surface area contributed by atoms with Crippen LogP contribution in [0.4, 0.5) is 0 Å². The van der Waals surface area contributed by atoms with Crippen LogP contribution in [0.5, 0.6) is 0 Å². The molecule has 104 valence electrons. The summed E-state index contributed by atoms with van der Waals surface area (Å²) in [5, 5.41) is 8.28. The Balaban J connectivity index is 1.40. The van der Waals surface area contributed by atoms with Crippen LogP contribution in [0, 0.1) is 0 Å². The van der Waals surface area contributed by atoms with Crippen LogP contribution in [0.25, 0.3) is 0 Å². The minimum atomic E-state index is 0.210. The first-order valence-electron chi connectivity index (χ1n) is 7.74. The zero-order valence-electron chi connectivity index (χ0n) is 11.5. The fourth-order valence-corrected chi connectivity index (χ4v) is 3.36. The summed E-state index contributed by atoms with van der Waals surface area (Å²) in [4.78, 5) is 0. The van der Waals surface area contributed by atoms with E-state index in [9.17, 15) is 0 Å². The van der Waals surface area contributed by atoms with Crippen molar-refractivity contribution in [2.45, 2.75) is 69.2 Å². The summed E-state index contributed by atoms with van der Waals surface area (Å²) in [6.07, 6.45) is 10.9. The second-order valence-electron chi connectivity index (χ2n) is 6.47. The summed E-state index contributed by atoms with van der Waals surface area (Å²) in [5.74, 6) is 0. The van der Waals surface area contributed by atoms with Crippen LogP contribution in [-0.2, 0) is 11.3 Å². The lowest BCUT2D eigenvalue weighted by atomic mass is 9.74. The van der Waals surface area contributed by atoms with Gasteiger partial charge >= 0.3 is 0 Å². The fraction of sp³-hybridized carbons (Fsp3) is 0.800. The molecule has 3 aliphatic rings. The van der Waals surface area contributed by atoms with Crippen molar-refractivity contribution < 1.29 is 4.74 Å². The van der Waals surface area contributed by atoms with Gasteiger partial charge in [0, 0.05) is 25.4 Å².